The van der Waals surface area contributed by atoms with Crippen LogP contribution in [0.2, 0.25) is 5.02 Å². The number of anilines is 1. The molecule has 3 rings (SSSR count). The first-order valence-electron chi connectivity index (χ1n) is 5.87. The van der Waals surface area contributed by atoms with Gasteiger partial charge in [0.2, 0.25) is 0 Å². The van der Waals surface area contributed by atoms with Gasteiger partial charge in [0.15, 0.2) is 0 Å². The minimum absolute atomic E-state index is 0.427. The van der Waals surface area contributed by atoms with E-state index in [1.807, 2.05) is 18.5 Å². The molecule has 2 aromatic rings. The van der Waals surface area contributed by atoms with Crippen LogP contribution in [0.1, 0.15) is 11.4 Å². The number of nitrogens with zero attached hydrogens (tertiary/aromatic N) is 4. The quantitative estimate of drug-likeness (QED) is 0.890. The molecule has 0 bridgehead atoms. The van der Waals surface area contributed by atoms with Crippen LogP contribution in [0.5, 0.6) is 0 Å². The van der Waals surface area contributed by atoms with Gasteiger partial charge in [-0.15, -0.1) is 0 Å². The molecule has 0 saturated carbocycles. The second-order valence-electron chi connectivity index (χ2n) is 4.30. The summed E-state index contributed by atoms with van der Waals surface area (Å²) in [7, 11) is 0. The first kappa shape index (κ1) is 11.5. The monoisotopic (exact) mass is 263 g/mol. The highest BCUT2D eigenvalue weighted by atomic mass is 35.5. The zero-order chi connectivity index (χ0) is 12.5. The zero-order valence-electron chi connectivity index (χ0n) is 9.88. The highest BCUT2D eigenvalue weighted by Crippen LogP contribution is 2.22. The number of aromatic nitrogens is 3. The Morgan fingerprint density at radius 2 is 2.22 bits per heavy atom. The number of hydrogen-bond donors (Lipinski definition) is 1. The van der Waals surface area contributed by atoms with Crippen molar-refractivity contribution >= 4 is 17.4 Å². The lowest BCUT2D eigenvalue weighted by molar-refractivity contribution is 0.556. The number of pyridine rings is 1. The topological polar surface area (TPSA) is 60.0 Å². The first-order chi connectivity index (χ1) is 8.78. The molecule has 0 saturated heterocycles. The number of hydrogen-bond acceptors (Lipinski definition) is 4. The molecule has 2 aromatic heterocycles. The fourth-order valence-electron chi connectivity index (χ4n) is 2.17. The van der Waals surface area contributed by atoms with Crippen molar-refractivity contribution < 1.29 is 0 Å². The molecule has 0 aliphatic carbocycles. The second-order valence-corrected chi connectivity index (χ2v) is 4.70. The predicted octanol–water partition coefficient (Wildman–Crippen LogP) is 1.41. The summed E-state index contributed by atoms with van der Waals surface area (Å²) in [6.45, 7) is 3.04. The Labute approximate surface area is 110 Å². The molecule has 0 unspecified atom stereocenters. The van der Waals surface area contributed by atoms with Crippen molar-refractivity contribution in [2.45, 2.75) is 19.6 Å². The highest BCUT2D eigenvalue weighted by Gasteiger charge is 2.18. The summed E-state index contributed by atoms with van der Waals surface area (Å²) in [4.78, 5) is 10.9. The second kappa shape index (κ2) is 4.59. The van der Waals surface area contributed by atoms with Crippen molar-refractivity contribution in [2.75, 3.05) is 11.4 Å². The van der Waals surface area contributed by atoms with Crippen LogP contribution in [0.15, 0.2) is 24.7 Å². The molecule has 0 radical (unpaired) electrons. The van der Waals surface area contributed by atoms with Crippen LogP contribution in [0.4, 0.5) is 5.82 Å². The number of fused-ring (bicyclic) bond motifs is 1. The molecular formula is C12H14ClN5. The van der Waals surface area contributed by atoms with Crippen LogP contribution in [0.3, 0.4) is 0 Å². The molecule has 0 fully saturated rings. The molecule has 5 nitrogen and oxygen atoms in total. The van der Waals surface area contributed by atoms with Gasteiger partial charge in [0, 0.05) is 38.2 Å². The molecule has 0 spiro atoms. The molecule has 3 heterocycles. The summed E-state index contributed by atoms with van der Waals surface area (Å²) in [5.74, 6) is 1.97. The molecule has 0 atom stereocenters. The van der Waals surface area contributed by atoms with Crippen molar-refractivity contribution in [3.05, 3.63) is 41.1 Å². The van der Waals surface area contributed by atoms with Gasteiger partial charge in [-0.1, -0.05) is 11.6 Å². The van der Waals surface area contributed by atoms with Crippen LogP contribution >= 0.6 is 11.6 Å². The van der Waals surface area contributed by atoms with E-state index in [0.717, 1.165) is 36.8 Å². The van der Waals surface area contributed by atoms with Crippen molar-refractivity contribution in [1.29, 1.82) is 0 Å². The van der Waals surface area contributed by atoms with Crippen LogP contribution in [0.25, 0.3) is 0 Å². The molecule has 1 aliphatic heterocycles. The lowest BCUT2D eigenvalue weighted by Crippen LogP contribution is -2.34. The lowest BCUT2D eigenvalue weighted by atomic mass is 10.2. The van der Waals surface area contributed by atoms with Crippen molar-refractivity contribution in [2.24, 2.45) is 5.73 Å². The van der Waals surface area contributed by atoms with Gasteiger partial charge in [0.1, 0.15) is 11.6 Å². The van der Waals surface area contributed by atoms with Crippen LogP contribution in [-0.4, -0.2) is 21.1 Å². The predicted molar refractivity (Wildman–Crippen MR) is 70.4 cm³/mol. The van der Waals surface area contributed by atoms with E-state index in [0.29, 0.717) is 11.6 Å². The van der Waals surface area contributed by atoms with Gasteiger partial charge in [-0.2, -0.15) is 0 Å². The summed E-state index contributed by atoms with van der Waals surface area (Å²) < 4.78 is 2.16. The van der Waals surface area contributed by atoms with E-state index in [9.17, 15) is 0 Å². The third-order valence-electron chi connectivity index (χ3n) is 3.21. The van der Waals surface area contributed by atoms with Gasteiger partial charge in [-0.05, 0) is 11.6 Å². The van der Waals surface area contributed by atoms with E-state index in [1.54, 1.807) is 6.20 Å². The normalized spacial score (nSPS) is 14.7. The Bertz CT molecular complexity index is 565. The van der Waals surface area contributed by atoms with Crippen molar-refractivity contribution in [1.82, 2.24) is 14.5 Å². The maximum Gasteiger partial charge on any atom is 0.129 e. The van der Waals surface area contributed by atoms with Gasteiger partial charge >= 0.3 is 0 Å². The maximum atomic E-state index is 6.02. The Morgan fingerprint density at radius 3 is 3.06 bits per heavy atom. The summed E-state index contributed by atoms with van der Waals surface area (Å²) in [6, 6.07) is 1.96. The number of halogens is 1. The molecule has 2 N–H and O–H groups in total. The smallest absolute Gasteiger partial charge is 0.129 e. The summed E-state index contributed by atoms with van der Waals surface area (Å²) in [5.41, 5.74) is 6.59. The van der Waals surface area contributed by atoms with Gasteiger partial charge in [0.25, 0.3) is 0 Å². The Morgan fingerprint density at radius 1 is 1.33 bits per heavy atom. The molecule has 1 aliphatic rings. The van der Waals surface area contributed by atoms with Gasteiger partial charge < -0.3 is 15.2 Å². The Kier molecular flexibility index (Phi) is 2.93. The largest absolute Gasteiger partial charge is 0.347 e. The average molecular weight is 264 g/mol. The molecule has 18 heavy (non-hydrogen) atoms. The fourth-order valence-corrected chi connectivity index (χ4v) is 2.35. The summed E-state index contributed by atoms with van der Waals surface area (Å²) >= 11 is 6.02. The standard InChI is InChI=1S/C12H14ClN5/c13-10-7-16-11(5-9(10)6-14)18-4-3-17-2-1-15-12(17)8-18/h1-2,5,7H,3-4,6,8,14H2. The van der Waals surface area contributed by atoms with E-state index in [-0.39, 0.29) is 0 Å². The van der Waals surface area contributed by atoms with Crippen LogP contribution in [-0.2, 0) is 19.6 Å². The van der Waals surface area contributed by atoms with E-state index < -0.39 is 0 Å². The number of nitrogens with two attached hydrogens (primary N) is 1. The van der Waals surface area contributed by atoms with Gasteiger partial charge in [-0.3, -0.25) is 0 Å². The Balaban J connectivity index is 1.88. The summed E-state index contributed by atoms with van der Waals surface area (Å²) in [6.07, 6.45) is 5.51. The third kappa shape index (κ3) is 1.95. The molecule has 94 valence electrons. The first-order valence-corrected chi connectivity index (χ1v) is 6.25. The molecule has 0 amide bonds. The van der Waals surface area contributed by atoms with Crippen molar-refractivity contribution in [3.8, 4) is 0 Å². The van der Waals surface area contributed by atoms with Gasteiger partial charge in [-0.25, -0.2) is 9.97 Å². The van der Waals surface area contributed by atoms with Gasteiger partial charge in [0.05, 0.1) is 11.6 Å². The SMILES string of the molecule is NCc1cc(N2CCn3ccnc3C2)ncc1Cl. The minimum Gasteiger partial charge on any atom is -0.347 e. The average Bonchev–Trinajstić information content (AvgIpc) is 2.86. The number of imidazole rings is 1. The molecule has 6 heteroatoms. The van der Waals surface area contributed by atoms with E-state index in [2.05, 4.69) is 19.4 Å². The van der Waals surface area contributed by atoms with E-state index in [4.69, 9.17) is 17.3 Å². The fraction of sp³-hybridized carbons (Fsp3) is 0.333. The lowest BCUT2D eigenvalue weighted by Gasteiger charge is -2.28. The summed E-state index contributed by atoms with van der Waals surface area (Å²) in [5, 5.41) is 0.625. The minimum atomic E-state index is 0.427. The van der Waals surface area contributed by atoms with E-state index in [1.165, 1.54) is 0 Å². The zero-order valence-corrected chi connectivity index (χ0v) is 10.6. The van der Waals surface area contributed by atoms with Crippen LogP contribution in [0, 0.1) is 0 Å². The third-order valence-corrected chi connectivity index (χ3v) is 3.55. The Hall–Kier alpha value is -1.59. The highest BCUT2D eigenvalue weighted by molar-refractivity contribution is 6.31. The number of rotatable bonds is 2. The van der Waals surface area contributed by atoms with Crippen molar-refractivity contribution in [3.63, 3.8) is 0 Å². The maximum absolute atomic E-state index is 6.02. The molecule has 0 aromatic carbocycles. The van der Waals surface area contributed by atoms with Crippen LogP contribution < -0.4 is 10.6 Å². The molecular weight excluding hydrogens is 250 g/mol. The van der Waals surface area contributed by atoms with E-state index >= 15 is 0 Å².